The number of hydrogen-bond donors (Lipinski definition) is 1. The van der Waals surface area contributed by atoms with E-state index in [4.69, 9.17) is 0 Å². The zero-order valence-electron chi connectivity index (χ0n) is 16.0. The first kappa shape index (κ1) is 17.8. The van der Waals surface area contributed by atoms with Crippen LogP contribution in [-0.4, -0.2) is 29.7 Å². The van der Waals surface area contributed by atoms with Gasteiger partial charge >= 0.3 is 0 Å². The van der Waals surface area contributed by atoms with E-state index in [0.717, 1.165) is 39.0 Å². The van der Waals surface area contributed by atoms with Crippen molar-refractivity contribution in [3.05, 3.63) is 85.3 Å². The Morgan fingerprint density at radius 2 is 1.90 bits per heavy atom. The molecule has 0 saturated heterocycles. The van der Waals surface area contributed by atoms with E-state index >= 15 is 0 Å². The van der Waals surface area contributed by atoms with Crippen LogP contribution in [0.5, 0.6) is 0 Å². The zero-order chi connectivity index (χ0) is 20.3. The maximum atomic E-state index is 9.45. The molecule has 0 amide bonds. The molecule has 0 aliphatic carbocycles. The fourth-order valence-electron chi connectivity index (χ4n) is 3.61. The van der Waals surface area contributed by atoms with Gasteiger partial charge in [0.2, 0.25) is 0 Å². The van der Waals surface area contributed by atoms with Crippen molar-refractivity contribution in [1.29, 1.82) is 5.26 Å². The van der Waals surface area contributed by atoms with Gasteiger partial charge in [-0.25, -0.2) is 9.97 Å². The van der Waals surface area contributed by atoms with Crippen LogP contribution in [0.4, 0.5) is 0 Å². The van der Waals surface area contributed by atoms with Gasteiger partial charge in [-0.3, -0.25) is 9.67 Å². The molecule has 5 aromatic rings. The van der Waals surface area contributed by atoms with Gasteiger partial charge in [-0.15, -0.1) is 0 Å². The molecule has 0 bridgehead atoms. The van der Waals surface area contributed by atoms with Gasteiger partial charge in [0.25, 0.3) is 0 Å². The average molecular weight is 391 g/mol. The quantitative estimate of drug-likeness (QED) is 0.479. The van der Waals surface area contributed by atoms with Crippen LogP contribution in [-0.2, 0) is 0 Å². The molecule has 4 heterocycles. The highest BCUT2D eigenvalue weighted by Gasteiger charge is 2.18. The van der Waals surface area contributed by atoms with Crippen molar-refractivity contribution in [3.63, 3.8) is 0 Å². The third kappa shape index (κ3) is 3.20. The number of nitrogens with zero attached hydrogens (tertiary/aromatic N) is 6. The van der Waals surface area contributed by atoms with Crippen molar-refractivity contribution in [3.8, 4) is 28.5 Å². The first-order valence-electron chi connectivity index (χ1n) is 9.53. The van der Waals surface area contributed by atoms with Gasteiger partial charge < -0.3 is 4.98 Å². The van der Waals surface area contributed by atoms with E-state index < -0.39 is 0 Å². The van der Waals surface area contributed by atoms with Gasteiger partial charge in [-0.1, -0.05) is 30.3 Å². The number of aromatic amines is 1. The molecule has 0 spiro atoms. The third-order valence-electron chi connectivity index (χ3n) is 5.08. The van der Waals surface area contributed by atoms with E-state index in [2.05, 4.69) is 37.2 Å². The molecule has 0 aliphatic rings. The van der Waals surface area contributed by atoms with Crippen LogP contribution in [0.25, 0.3) is 33.4 Å². The van der Waals surface area contributed by atoms with Crippen molar-refractivity contribution < 1.29 is 0 Å². The molecule has 7 nitrogen and oxygen atoms in total. The summed E-state index contributed by atoms with van der Waals surface area (Å²) >= 11 is 0. The lowest BCUT2D eigenvalue weighted by Gasteiger charge is -2.15. The number of rotatable bonds is 5. The number of pyridine rings is 1. The Labute approximate surface area is 172 Å². The smallest absolute Gasteiger partial charge is 0.141 e. The molecule has 1 unspecified atom stereocenters. The molecule has 0 radical (unpaired) electrons. The van der Waals surface area contributed by atoms with Crippen LogP contribution < -0.4 is 0 Å². The predicted octanol–water partition coefficient (Wildman–Crippen LogP) is 4.39. The molecule has 0 saturated carbocycles. The molecule has 1 N–H and O–H groups in total. The summed E-state index contributed by atoms with van der Waals surface area (Å²) in [5.41, 5.74) is 5.48. The maximum absolute atomic E-state index is 9.45. The second kappa shape index (κ2) is 7.60. The molecule has 4 aromatic heterocycles. The van der Waals surface area contributed by atoms with Crippen LogP contribution >= 0.6 is 0 Å². The number of fused-ring (bicyclic) bond motifs is 1. The third-order valence-corrected chi connectivity index (χ3v) is 5.08. The van der Waals surface area contributed by atoms with Gasteiger partial charge in [0, 0.05) is 41.3 Å². The Kier molecular flexibility index (Phi) is 4.50. The number of nitrogens with one attached hydrogen (secondary N) is 1. The van der Waals surface area contributed by atoms with Crippen LogP contribution in [0.1, 0.15) is 18.0 Å². The number of aromatic nitrogens is 6. The first-order chi connectivity index (χ1) is 14.8. The minimum atomic E-state index is -0.247. The number of nitriles is 1. The summed E-state index contributed by atoms with van der Waals surface area (Å²) in [5.74, 6) is 0. The van der Waals surface area contributed by atoms with Crippen molar-refractivity contribution in [2.24, 2.45) is 0 Å². The molecular formula is C23H17N7. The second-order valence-electron chi connectivity index (χ2n) is 6.92. The van der Waals surface area contributed by atoms with E-state index in [9.17, 15) is 5.26 Å². The van der Waals surface area contributed by atoms with Crippen molar-refractivity contribution >= 4 is 11.0 Å². The van der Waals surface area contributed by atoms with Gasteiger partial charge in [0.15, 0.2) is 0 Å². The lowest BCUT2D eigenvalue weighted by molar-refractivity contribution is 0.531. The van der Waals surface area contributed by atoms with E-state index in [0.29, 0.717) is 0 Å². The maximum Gasteiger partial charge on any atom is 0.141 e. The summed E-state index contributed by atoms with van der Waals surface area (Å²) in [5, 5.41) is 14.9. The fraction of sp³-hybridized carbons (Fsp3) is 0.0870. The summed E-state index contributed by atoms with van der Waals surface area (Å²) in [6.07, 6.45) is 11.0. The van der Waals surface area contributed by atoms with Crippen LogP contribution in [0.2, 0.25) is 0 Å². The largest absolute Gasteiger partial charge is 0.346 e. The highest BCUT2D eigenvalue weighted by atomic mass is 15.3. The van der Waals surface area contributed by atoms with Crippen molar-refractivity contribution in [2.45, 2.75) is 12.5 Å². The Morgan fingerprint density at radius 1 is 1.00 bits per heavy atom. The second-order valence-corrected chi connectivity index (χ2v) is 6.92. The molecular weight excluding hydrogens is 374 g/mol. The Balaban J connectivity index is 1.54. The summed E-state index contributed by atoms with van der Waals surface area (Å²) in [6.45, 7) is 0. The number of hydrogen-bond acceptors (Lipinski definition) is 5. The summed E-state index contributed by atoms with van der Waals surface area (Å²) in [6, 6.07) is 16.1. The van der Waals surface area contributed by atoms with Gasteiger partial charge in [-0.05, 0) is 23.3 Å². The molecule has 30 heavy (non-hydrogen) atoms. The molecule has 144 valence electrons. The van der Waals surface area contributed by atoms with Crippen LogP contribution in [0.3, 0.4) is 0 Å². The molecule has 0 aliphatic heterocycles. The minimum absolute atomic E-state index is 0.247. The molecule has 7 heteroatoms. The Morgan fingerprint density at radius 3 is 2.77 bits per heavy atom. The SMILES string of the molecule is N#CCC(c1cncc(-c2ccccc2)c1)n1cc(-c2ncnc3[nH]ccc23)cn1. The minimum Gasteiger partial charge on any atom is -0.346 e. The van der Waals surface area contributed by atoms with Crippen LogP contribution in [0.15, 0.2) is 79.8 Å². The summed E-state index contributed by atoms with van der Waals surface area (Å²) < 4.78 is 1.81. The molecule has 1 aromatic carbocycles. The average Bonchev–Trinajstić information content (AvgIpc) is 3.48. The Bertz CT molecular complexity index is 1340. The topological polar surface area (TPSA) is 96.1 Å². The van der Waals surface area contributed by atoms with E-state index in [1.54, 1.807) is 12.4 Å². The van der Waals surface area contributed by atoms with Crippen molar-refractivity contribution in [1.82, 2.24) is 29.7 Å². The summed E-state index contributed by atoms with van der Waals surface area (Å²) in [7, 11) is 0. The van der Waals surface area contributed by atoms with Gasteiger partial charge in [0.1, 0.15) is 12.0 Å². The molecule has 5 rings (SSSR count). The van der Waals surface area contributed by atoms with E-state index in [1.807, 2.05) is 59.7 Å². The Hall–Kier alpha value is -4.31. The van der Waals surface area contributed by atoms with E-state index in [-0.39, 0.29) is 12.5 Å². The van der Waals surface area contributed by atoms with Gasteiger partial charge in [-0.2, -0.15) is 10.4 Å². The van der Waals surface area contributed by atoms with Crippen molar-refractivity contribution in [2.75, 3.05) is 0 Å². The van der Waals surface area contributed by atoms with E-state index in [1.165, 1.54) is 6.33 Å². The highest BCUT2D eigenvalue weighted by Crippen LogP contribution is 2.29. The lowest BCUT2D eigenvalue weighted by Crippen LogP contribution is -2.11. The number of H-pyrrole nitrogens is 1. The predicted molar refractivity (Wildman–Crippen MR) is 113 cm³/mol. The number of benzene rings is 1. The molecule has 0 fully saturated rings. The lowest BCUT2D eigenvalue weighted by atomic mass is 10.0. The summed E-state index contributed by atoms with van der Waals surface area (Å²) in [4.78, 5) is 16.2. The normalized spacial score (nSPS) is 12.0. The monoisotopic (exact) mass is 391 g/mol. The standard InChI is InChI=1S/C23H17N7/c24-8-6-21(18-10-17(11-25-12-18)16-4-2-1-3-5-16)30-14-19(13-29-30)22-20-7-9-26-23(20)28-15-27-22/h1-5,7,9-15,21H,6H2,(H,26,27,28). The van der Waals surface area contributed by atoms with Gasteiger partial charge in [0.05, 0.1) is 30.4 Å². The molecule has 1 atom stereocenters. The fourth-order valence-corrected chi connectivity index (χ4v) is 3.61. The highest BCUT2D eigenvalue weighted by molar-refractivity contribution is 5.90. The zero-order valence-corrected chi connectivity index (χ0v) is 16.0. The van der Waals surface area contributed by atoms with Crippen LogP contribution in [0, 0.1) is 11.3 Å². The first-order valence-corrected chi connectivity index (χ1v) is 9.53.